The van der Waals surface area contributed by atoms with Gasteiger partial charge in [0.25, 0.3) is 0 Å². The Hall–Kier alpha value is -4.89. The largest absolute Gasteiger partial charge is 0.352 e. The second kappa shape index (κ2) is 18.4. The number of H-pyrrole nitrogens is 1. The molecule has 6 rings (SSSR count). The average molecular weight is 804 g/mol. The molecule has 2 saturated heterocycles. The molecule has 4 heterocycles. The van der Waals surface area contributed by atoms with E-state index in [9.17, 15) is 28.0 Å². The van der Waals surface area contributed by atoms with Crippen LogP contribution in [-0.2, 0) is 32.1 Å². The Morgan fingerprint density at radius 3 is 2.12 bits per heavy atom. The summed E-state index contributed by atoms with van der Waals surface area (Å²) in [4.78, 5) is 66.4. The number of rotatable bonds is 16. The molecule has 58 heavy (non-hydrogen) atoms. The van der Waals surface area contributed by atoms with Crippen molar-refractivity contribution in [1.82, 2.24) is 45.6 Å². The zero-order chi connectivity index (χ0) is 41.8. The highest BCUT2D eigenvalue weighted by atomic mass is 19.1. The molecule has 6 atom stereocenters. The third-order valence-electron chi connectivity index (χ3n) is 12.0. The number of aromatic nitrogens is 3. The monoisotopic (exact) mass is 803 g/mol. The summed E-state index contributed by atoms with van der Waals surface area (Å²) in [5, 5.41) is 12.6. The Morgan fingerprint density at radius 2 is 1.47 bits per heavy atom. The summed E-state index contributed by atoms with van der Waals surface area (Å²) in [6.45, 7) is 10.7. The van der Waals surface area contributed by atoms with E-state index in [-0.39, 0.29) is 41.6 Å². The van der Waals surface area contributed by atoms with Crippen LogP contribution in [0.2, 0.25) is 0 Å². The molecule has 2 aliphatic heterocycles. The van der Waals surface area contributed by atoms with Crippen LogP contribution in [0, 0.1) is 17.6 Å². The number of benzene rings is 2. The lowest BCUT2D eigenvalue weighted by atomic mass is 9.99. The maximum absolute atomic E-state index is 14.8. The maximum Gasteiger partial charge on any atom is 0.245 e. The normalized spacial score (nSPS) is 19.2. The first-order valence-corrected chi connectivity index (χ1v) is 20.8. The Balaban J connectivity index is 1.38. The number of nitrogens with one attached hydrogen (secondary N) is 5. The summed E-state index contributed by atoms with van der Waals surface area (Å²) < 4.78 is 31.6. The van der Waals surface area contributed by atoms with E-state index in [2.05, 4.69) is 26.3 Å². The van der Waals surface area contributed by atoms with Crippen LogP contribution < -0.4 is 21.3 Å². The van der Waals surface area contributed by atoms with Gasteiger partial charge in [0.05, 0.1) is 28.8 Å². The van der Waals surface area contributed by atoms with Gasteiger partial charge in [0.15, 0.2) is 5.82 Å². The number of likely N-dealkylation sites (tertiary alicyclic amines) is 2. The average Bonchev–Trinajstić information content (AvgIpc) is 4.01. The molecule has 0 radical (unpaired) electrons. The van der Waals surface area contributed by atoms with Gasteiger partial charge < -0.3 is 40.6 Å². The minimum absolute atomic E-state index is 0.126. The predicted octanol–water partition coefficient (Wildman–Crippen LogP) is 4.63. The third kappa shape index (κ3) is 8.90. The molecule has 0 bridgehead atoms. The van der Waals surface area contributed by atoms with E-state index in [4.69, 9.17) is 4.98 Å². The Kier molecular flexibility index (Phi) is 13.5. The van der Waals surface area contributed by atoms with E-state index in [1.54, 1.807) is 40.1 Å². The zero-order valence-electron chi connectivity index (χ0n) is 34.8. The van der Waals surface area contributed by atoms with Crippen molar-refractivity contribution in [2.24, 2.45) is 5.92 Å². The van der Waals surface area contributed by atoms with Crippen molar-refractivity contribution < 1.29 is 28.0 Å². The van der Waals surface area contributed by atoms with E-state index in [1.165, 1.54) is 24.3 Å². The van der Waals surface area contributed by atoms with Gasteiger partial charge in [0.2, 0.25) is 23.6 Å². The number of hydrogen-bond acceptors (Lipinski definition) is 7. The molecule has 4 amide bonds. The number of nitrogens with zero attached hydrogens (tertiary/aromatic N) is 4. The number of fused-ring (bicyclic) bond motifs is 2. The van der Waals surface area contributed by atoms with Crippen LogP contribution in [0.4, 0.5) is 8.78 Å². The number of carbonyl (C=O) groups excluding carboxylic acids is 4. The standard InChI is InChI=1S/C43H59F2N9O4/c1-8-11-33(50-40(55)25(4)46-6)42(57)52-18-9-12-29(52)22-32-31-16-14-27(44)20-34(31)48-38(32)39-49-35-21-28(45)15-17-36(35)54(39)23-30-13-10-19-53(30)43(58)37(24(2)3)51-41(56)26(5)47-7/h14-17,20-21,24-26,29-30,33,37,46-48H,8-13,18-19,22-23H2,1-7H3,(H,50,55)(H,51,56)/t25-,26-,29-,30-,33-,37?/m0/s1. The Bertz CT molecular complexity index is 2130. The highest BCUT2D eigenvalue weighted by Gasteiger charge is 2.38. The van der Waals surface area contributed by atoms with Crippen LogP contribution in [-0.4, -0.2) is 111 Å². The van der Waals surface area contributed by atoms with E-state index >= 15 is 0 Å². The van der Waals surface area contributed by atoms with Crippen LogP contribution in [0.5, 0.6) is 0 Å². The fourth-order valence-electron chi connectivity index (χ4n) is 8.48. The lowest BCUT2D eigenvalue weighted by molar-refractivity contribution is -0.139. The number of carbonyl (C=O) groups is 4. The Labute approximate surface area is 339 Å². The zero-order valence-corrected chi connectivity index (χ0v) is 34.8. The number of imidazole rings is 1. The predicted molar refractivity (Wildman–Crippen MR) is 221 cm³/mol. The first-order chi connectivity index (χ1) is 27.8. The van der Waals surface area contributed by atoms with E-state index in [0.717, 1.165) is 30.2 Å². The highest BCUT2D eigenvalue weighted by Crippen LogP contribution is 2.37. The molecular weight excluding hydrogens is 745 g/mol. The molecule has 0 aliphatic carbocycles. The van der Waals surface area contributed by atoms with Crippen LogP contribution in [0.3, 0.4) is 0 Å². The number of aromatic amines is 1. The molecule has 4 aromatic rings. The fourth-order valence-corrected chi connectivity index (χ4v) is 8.48. The van der Waals surface area contributed by atoms with Gasteiger partial charge in [-0.25, -0.2) is 13.8 Å². The smallest absolute Gasteiger partial charge is 0.245 e. The van der Waals surface area contributed by atoms with Gasteiger partial charge in [0.1, 0.15) is 23.7 Å². The fraction of sp³-hybridized carbons (Fsp3) is 0.558. The molecule has 2 aliphatic rings. The molecule has 2 aromatic carbocycles. The lowest BCUT2D eigenvalue weighted by Gasteiger charge is -2.32. The number of likely N-dealkylation sites (N-methyl/N-ethyl adjacent to an activating group) is 2. The molecule has 314 valence electrons. The van der Waals surface area contributed by atoms with Crippen molar-refractivity contribution in [3.05, 3.63) is 53.6 Å². The molecule has 15 heteroatoms. The van der Waals surface area contributed by atoms with Crippen LogP contribution in [0.15, 0.2) is 36.4 Å². The van der Waals surface area contributed by atoms with E-state index in [1.807, 2.05) is 35.1 Å². The number of amides is 4. The van der Waals surface area contributed by atoms with Crippen LogP contribution in [0.25, 0.3) is 33.5 Å². The highest BCUT2D eigenvalue weighted by molar-refractivity contribution is 5.93. The summed E-state index contributed by atoms with van der Waals surface area (Å²) in [6, 6.07) is 6.28. The van der Waals surface area contributed by atoms with Crippen molar-refractivity contribution in [3.8, 4) is 11.5 Å². The molecule has 2 fully saturated rings. The van der Waals surface area contributed by atoms with Gasteiger partial charge in [-0.2, -0.15) is 0 Å². The SMILES string of the molecule is CCC[C@H](NC(=O)[C@H](C)NC)C(=O)N1CCC[C@H]1Cc1c(-c2nc3cc(F)ccc3n2C[C@@H]2CCCN2C(=O)C(NC(=O)[C@H](C)NC)C(C)C)[nH]c2cc(F)ccc12. The van der Waals surface area contributed by atoms with E-state index < -0.39 is 35.8 Å². The summed E-state index contributed by atoms with van der Waals surface area (Å²) in [7, 11) is 3.40. The van der Waals surface area contributed by atoms with Crippen molar-refractivity contribution in [1.29, 1.82) is 0 Å². The van der Waals surface area contributed by atoms with Gasteiger partial charge in [-0.3, -0.25) is 19.2 Å². The second-order valence-corrected chi connectivity index (χ2v) is 16.3. The van der Waals surface area contributed by atoms with Gasteiger partial charge in [-0.15, -0.1) is 0 Å². The number of halogens is 2. The molecular formula is C43H59F2N9O4. The Morgan fingerprint density at radius 1 is 0.845 bits per heavy atom. The molecule has 2 aromatic heterocycles. The van der Waals surface area contributed by atoms with E-state index in [0.29, 0.717) is 73.4 Å². The summed E-state index contributed by atoms with van der Waals surface area (Å²) in [5.74, 6) is -1.27. The second-order valence-electron chi connectivity index (χ2n) is 16.3. The summed E-state index contributed by atoms with van der Waals surface area (Å²) in [5.41, 5.74) is 3.14. The first kappa shape index (κ1) is 42.7. The molecule has 0 spiro atoms. The van der Waals surface area contributed by atoms with Gasteiger partial charge in [-0.05, 0) is 108 Å². The van der Waals surface area contributed by atoms with Crippen molar-refractivity contribution in [2.75, 3.05) is 27.2 Å². The summed E-state index contributed by atoms with van der Waals surface area (Å²) in [6.07, 6.45) is 4.65. The van der Waals surface area contributed by atoms with Crippen LogP contribution in [0.1, 0.15) is 78.7 Å². The van der Waals surface area contributed by atoms with Gasteiger partial charge in [0, 0.05) is 48.7 Å². The topological polar surface area (TPSA) is 156 Å². The minimum atomic E-state index is -0.721. The quantitative estimate of drug-likeness (QED) is 0.111. The van der Waals surface area contributed by atoms with Crippen molar-refractivity contribution in [2.45, 2.75) is 122 Å². The molecule has 13 nitrogen and oxygen atoms in total. The lowest BCUT2D eigenvalue weighted by Crippen LogP contribution is -2.55. The van der Waals surface area contributed by atoms with Gasteiger partial charge in [-0.1, -0.05) is 27.2 Å². The first-order valence-electron chi connectivity index (χ1n) is 20.8. The maximum atomic E-state index is 14.8. The van der Waals surface area contributed by atoms with Gasteiger partial charge >= 0.3 is 0 Å². The summed E-state index contributed by atoms with van der Waals surface area (Å²) >= 11 is 0. The van der Waals surface area contributed by atoms with Crippen molar-refractivity contribution >= 4 is 45.6 Å². The van der Waals surface area contributed by atoms with Crippen LogP contribution >= 0.6 is 0 Å². The molecule has 1 unspecified atom stereocenters. The molecule has 0 saturated carbocycles. The molecule has 5 N–H and O–H groups in total. The van der Waals surface area contributed by atoms with Crippen molar-refractivity contribution in [3.63, 3.8) is 0 Å². The minimum Gasteiger partial charge on any atom is -0.352 e. The number of hydrogen-bond donors (Lipinski definition) is 5. The third-order valence-corrected chi connectivity index (χ3v) is 12.0.